The van der Waals surface area contributed by atoms with Crippen molar-refractivity contribution in [2.45, 2.75) is 29.5 Å². The zero-order valence-corrected chi connectivity index (χ0v) is 18.6. The molecule has 0 unspecified atom stereocenters. The van der Waals surface area contributed by atoms with E-state index in [2.05, 4.69) is 35.3 Å². The van der Waals surface area contributed by atoms with E-state index >= 15 is 0 Å². The van der Waals surface area contributed by atoms with Gasteiger partial charge in [-0.2, -0.15) is 0 Å². The van der Waals surface area contributed by atoms with Crippen LogP contribution in [0.5, 0.6) is 0 Å². The van der Waals surface area contributed by atoms with E-state index in [0.717, 1.165) is 40.1 Å². The summed E-state index contributed by atoms with van der Waals surface area (Å²) in [6, 6.07) is 29.2. The number of aryl methyl sites for hydroxylation is 2. The zero-order chi connectivity index (χ0) is 21.3. The van der Waals surface area contributed by atoms with Crippen LogP contribution in [0.2, 0.25) is 0 Å². The molecule has 0 saturated heterocycles. The highest BCUT2D eigenvalue weighted by molar-refractivity contribution is 7.93. The molecule has 3 nitrogen and oxygen atoms in total. The van der Waals surface area contributed by atoms with Crippen molar-refractivity contribution in [3.8, 4) is 11.3 Å². The molecule has 0 spiro atoms. The number of fused-ring (bicyclic) bond motifs is 3. The standard InChI is InChI=1S/C26H22NO2S2/c28-31(29,26-27-25-23-14-8-7-13-21(23)15-16-24(25)30-26)18-17-22(19-9-3-1-4-10-19)20-11-5-2-6-12-20/h1-6,8-14,22H,15-18H2. The maximum atomic E-state index is 13.3. The first-order valence-electron chi connectivity index (χ1n) is 10.4. The number of thiazole rings is 1. The van der Waals surface area contributed by atoms with E-state index < -0.39 is 9.84 Å². The Labute approximate surface area is 187 Å². The lowest BCUT2D eigenvalue weighted by molar-refractivity contribution is 0.589. The van der Waals surface area contributed by atoms with E-state index in [1.54, 1.807) is 0 Å². The average molecular weight is 445 g/mol. The minimum Gasteiger partial charge on any atom is -0.225 e. The SMILES string of the molecule is O=S(=O)(CCC(c1ccccc1)c1ccccc1)c1nc2c(s1)CCc1c[c]ccc1-2. The summed E-state index contributed by atoms with van der Waals surface area (Å²) < 4.78 is 26.8. The summed E-state index contributed by atoms with van der Waals surface area (Å²) in [5, 5.41) is 0. The largest absolute Gasteiger partial charge is 0.225 e. The average Bonchev–Trinajstić information content (AvgIpc) is 3.27. The van der Waals surface area contributed by atoms with Gasteiger partial charge in [0.25, 0.3) is 0 Å². The van der Waals surface area contributed by atoms with E-state index in [4.69, 9.17) is 0 Å². The van der Waals surface area contributed by atoms with Crippen LogP contribution in [0.4, 0.5) is 0 Å². The molecule has 4 aromatic rings. The van der Waals surface area contributed by atoms with Crippen LogP contribution in [-0.4, -0.2) is 19.2 Å². The Morgan fingerprint density at radius 3 is 2.29 bits per heavy atom. The molecule has 1 aliphatic carbocycles. The lowest BCUT2D eigenvalue weighted by atomic mass is 9.89. The molecule has 0 aliphatic heterocycles. The predicted molar refractivity (Wildman–Crippen MR) is 125 cm³/mol. The van der Waals surface area contributed by atoms with Gasteiger partial charge in [-0.3, -0.25) is 0 Å². The number of hydrogen-bond acceptors (Lipinski definition) is 4. The molecule has 0 bridgehead atoms. The van der Waals surface area contributed by atoms with Gasteiger partial charge in [-0.15, -0.1) is 11.3 Å². The van der Waals surface area contributed by atoms with Gasteiger partial charge in [0.1, 0.15) is 0 Å². The van der Waals surface area contributed by atoms with Gasteiger partial charge in [0.15, 0.2) is 0 Å². The molecule has 3 aromatic carbocycles. The first-order chi connectivity index (χ1) is 15.1. The highest BCUT2D eigenvalue weighted by atomic mass is 32.2. The van der Waals surface area contributed by atoms with Crippen molar-refractivity contribution < 1.29 is 8.42 Å². The minimum atomic E-state index is -3.47. The van der Waals surface area contributed by atoms with Crippen molar-refractivity contribution in [2.75, 3.05) is 5.75 Å². The number of nitrogens with zero attached hydrogens (tertiary/aromatic N) is 1. The first-order valence-corrected chi connectivity index (χ1v) is 12.9. The summed E-state index contributed by atoms with van der Waals surface area (Å²) in [6.07, 6.45) is 2.27. The Morgan fingerprint density at radius 1 is 0.935 bits per heavy atom. The molecule has 0 fully saturated rings. The number of aromatic nitrogens is 1. The molecule has 0 atom stereocenters. The summed E-state index contributed by atoms with van der Waals surface area (Å²) in [4.78, 5) is 5.67. The second-order valence-electron chi connectivity index (χ2n) is 7.82. The Morgan fingerprint density at radius 2 is 1.61 bits per heavy atom. The second kappa shape index (κ2) is 8.40. The van der Waals surface area contributed by atoms with E-state index in [0.29, 0.717) is 6.42 Å². The molecule has 0 amide bonds. The topological polar surface area (TPSA) is 47.0 Å². The molecular formula is C26H22NO2S2. The van der Waals surface area contributed by atoms with Gasteiger partial charge in [-0.05, 0) is 42.0 Å². The molecule has 1 aromatic heterocycles. The molecule has 1 heterocycles. The second-order valence-corrected chi connectivity index (χ2v) is 11.2. The number of rotatable bonds is 6. The monoisotopic (exact) mass is 444 g/mol. The highest BCUT2D eigenvalue weighted by Crippen LogP contribution is 2.38. The highest BCUT2D eigenvalue weighted by Gasteiger charge is 2.27. The Balaban J connectivity index is 1.43. The van der Waals surface area contributed by atoms with Crippen molar-refractivity contribution in [1.29, 1.82) is 0 Å². The summed E-state index contributed by atoms with van der Waals surface area (Å²) in [7, 11) is -3.47. The van der Waals surface area contributed by atoms with Crippen molar-refractivity contribution >= 4 is 21.2 Å². The molecule has 155 valence electrons. The van der Waals surface area contributed by atoms with Crippen molar-refractivity contribution in [2.24, 2.45) is 0 Å². The Hall–Kier alpha value is -2.76. The van der Waals surface area contributed by atoms with Gasteiger partial charge >= 0.3 is 0 Å². The molecular weight excluding hydrogens is 422 g/mol. The predicted octanol–water partition coefficient (Wildman–Crippen LogP) is 5.70. The molecule has 1 aliphatic rings. The first kappa shape index (κ1) is 20.2. The maximum Gasteiger partial charge on any atom is 0.210 e. The van der Waals surface area contributed by atoms with E-state index in [-0.39, 0.29) is 16.0 Å². The summed E-state index contributed by atoms with van der Waals surface area (Å²) in [5.74, 6) is 0.103. The summed E-state index contributed by atoms with van der Waals surface area (Å²) >= 11 is 1.34. The van der Waals surface area contributed by atoms with Crippen LogP contribution in [0.3, 0.4) is 0 Å². The summed E-state index contributed by atoms with van der Waals surface area (Å²) in [6.45, 7) is 0. The van der Waals surface area contributed by atoms with Crippen LogP contribution in [0.15, 0.2) is 83.2 Å². The zero-order valence-electron chi connectivity index (χ0n) is 17.0. The fourth-order valence-corrected chi connectivity index (χ4v) is 7.07. The van der Waals surface area contributed by atoms with Gasteiger partial charge in [0.2, 0.25) is 14.2 Å². The molecule has 5 rings (SSSR count). The van der Waals surface area contributed by atoms with Gasteiger partial charge < -0.3 is 0 Å². The lowest BCUT2D eigenvalue weighted by Gasteiger charge is -2.17. The van der Waals surface area contributed by atoms with Gasteiger partial charge in [0, 0.05) is 16.4 Å². The fourth-order valence-electron chi connectivity index (χ4n) is 4.25. The molecule has 0 saturated carbocycles. The minimum absolute atomic E-state index is 0.0306. The van der Waals surface area contributed by atoms with Gasteiger partial charge in [-0.1, -0.05) is 78.9 Å². The fraction of sp³-hybridized carbons (Fsp3) is 0.192. The smallest absolute Gasteiger partial charge is 0.210 e. The Kier molecular flexibility index (Phi) is 5.47. The van der Waals surface area contributed by atoms with Crippen LogP contribution in [-0.2, 0) is 22.7 Å². The third-order valence-corrected chi connectivity index (χ3v) is 9.17. The Bertz CT molecular complexity index is 1260. The molecule has 1 radical (unpaired) electrons. The van der Waals surface area contributed by atoms with Crippen LogP contribution in [0.25, 0.3) is 11.3 Å². The summed E-state index contributed by atoms with van der Waals surface area (Å²) in [5.41, 5.74) is 5.34. The normalized spacial score (nSPS) is 13.1. The van der Waals surface area contributed by atoms with Crippen LogP contribution in [0, 0.1) is 6.07 Å². The van der Waals surface area contributed by atoms with E-state index in [9.17, 15) is 8.42 Å². The van der Waals surface area contributed by atoms with Crippen LogP contribution < -0.4 is 0 Å². The van der Waals surface area contributed by atoms with Crippen molar-refractivity contribution in [3.05, 3.63) is 106 Å². The van der Waals surface area contributed by atoms with E-state index in [1.165, 1.54) is 16.9 Å². The molecule has 31 heavy (non-hydrogen) atoms. The van der Waals surface area contributed by atoms with Crippen LogP contribution in [0.1, 0.15) is 33.9 Å². The number of hydrogen-bond donors (Lipinski definition) is 0. The van der Waals surface area contributed by atoms with Gasteiger partial charge in [0.05, 0.1) is 11.4 Å². The third kappa shape index (κ3) is 4.08. The van der Waals surface area contributed by atoms with Crippen LogP contribution >= 0.6 is 11.3 Å². The van der Waals surface area contributed by atoms with E-state index in [1.807, 2.05) is 54.6 Å². The quantitative estimate of drug-likeness (QED) is 0.383. The molecule has 0 N–H and O–H groups in total. The van der Waals surface area contributed by atoms with Crippen molar-refractivity contribution in [1.82, 2.24) is 4.98 Å². The lowest BCUT2D eigenvalue weighted by Crippen LogP contribution is -2.12. The number of benzene rings is 3. The maximum absolute atomic E-state index is 13.3. The third-order valence-electron chi connectivity index (χ3n) is 5.85. The molecule has 5 heteroatoms. The number of sulfone groups is 1. The van der Waals surface area contributed by atoms with Gasteiger partial charge in [-0.25, -0.2) is 13.4 Å². The van der Waals surface area contributed by atoms with Crippen molar-refractivity contribution in [3.63, 3.8) is 0 Å².